The molecule has 3 unspecified atom stereocenters. The van der Waals surface area contributed by atoms with Gasteiger partial charge in [-0.15, -0.1) is 0 Å². The Bertz CT molecular complexity index is 968. The zero-order chi connectivity index (χ0) is 23.5. The van der Waals surface area contributed by atoms with Crippen LogP contribution in [0.4, 0.5) is 4.79 Å². The summed E-state index contributed by atoms with van der Waals surface area (Å²) >= 11 is 6.28. The Labute approximate surface area is 195 Å². The van der Waals surface area contributed by atoms with Crippen molar-refractivity contribution in [1.82, 2.24) is 15.1 Å². The van der Waals surface area contributed by atoms with Crippen LogP contribution in [0.3, 0.4) is 0 Å². The Morgan fingerprint density at radius 2 is 1.94 bits per heavy atom. The van der Waals surface area contributed by atoms with Gasteiger partial charge in [0.1, 0.15) is 0 Å². The van der Waals surface area contributed by atoms with Crippen LogP contribution in [0.5, 0.6) is 0 Å². The lowest BCUT2D eigenvalue weighted by Crippen LogP contribution is -2.61. The van der Waals surface area contributed by atoms with Crippen molar-refractivity contribution in [2.24, 2.45) is 5.41 Å². The fourth-order valence-corrected chi connectivity index (χ4v) is 4.84. The molecule has 1 aliphatic heterocycles. The molecule has 2 N–H and O–H groups in total. The molecule has 3 rings (SSSR count). The maximum absolute atomic E-state index is 13.6. The van der Waals surface area contributed by atoms with Crippen LogP contribution in [-0.2, 0) is 11.3 Å². The number of nitrogens with zero attached hydrogens (tertiary/aromatic N) is 2. The van der Waals surface area contributed by atoms with Gasteiger partial charge in [-0.25, -0.2) is 4.79 Å². The van der Waals surface area contributed by atoms with E-state index in [4.69, 9.17) is 11.6 Å². The number of likely N-dealkylation sites (tertiary alicyclic amines) is 1. The van der Waals surface area contributed by atoms with Gasteiger partial charge >= 0.3 is 12.0 Å². The van der Waals surface area contributed by atoms with Gasteiger partial charge in [0.25, 0.3) is 0 Å². The van der Waals surface area contributed by atoms with E-state index in [-0.39, 0.29) is 12.1 Å². The fraction of sp³-hybridized carbons (Fsp3) is 0.440. The Balaban J connectivity index is 1.92. The van der Waals surface area contributed by atoms with Crippen LogP contribution in [0.2, 0.25) is 5.02 Å². The van der Waals surface area contributed by atoms with Crippen molar-refractivity contribution in [2.75, 3.05) is 20.1 Å². The van der Waals surface area contributed by atoms with Crippen molar-refractivity contribution in [3.63, 3.8) is 0 Å². The molecule has 2 amide bonds. The lowest BCUT2D eigenvalue weighted by atomic mass is 9.76. The first-order chi connectivity index (χ1) is 15.1. The molecule has 0 radical (unpaired) electrons. The molecule has 1 aliphatic rings. The number of halogens is 1. The van der Waals surface area contributed by atoms with Gasteiger partial charge < -0.3 is 20.2 Å². The van der Waals surface area contributed by atoms with E-state index in [1.54, 1.807) is 11.8 Å². The Morgan fingerprint density at radius 3 is 2.59 bits per heavy atom. The third-order valence-corrected chi connectivity index (χ3v) is 6.97. The molecule has 32 heavy (non-hydrogen) atoms. The van der Waals surface area contributed by atoms with Crippen molar-refractivity contribution >= 4 is 23.6 Å². The van der Waals surface area contributed by atoms with Gasteiger partial charge in [-0.2, -0.15) is 0 Å². The highest BCUT2D eigenvalue weighted by Gasteiger charge is 2.49. The van der Waals surface area contributed by atoms with E-state index in [0.717, 1.165) is 23.2 Å². The first-order valence-corrected chi connectivity index (χ1v) is 11.3. The predicted molar refractivity (Wildman–Crippen MR) is 127 cm³/mol. The number of carbonyl (C=O) groups is 2. The largest absolute Gasteiger partial charge is 0.481 e. The van der Waals surface area contributed by atoms with Crippen LogP contribution in [0, 0.1) is 12.3 Å². The lowest BCUT2D eigenvalue weighted by molar-refractivity contribution is -0.155. The fourth-order valence-electron chi connectivity index (χ4n) is 4.66. The number of hydrogen-bond acceptors (Lipinski definition) is 3. The van der Waals surface area contributed by atoms with E-state index in [1.165, 1.54) is 0 Å². The molecule has 0 aliphatic carbocycles. The summed E-state index contributed by atoms with van der Waals surface area (Å²) in [6, 6.07) is 14.3. The van der Waals surface area contributed by atoms with E-state index in [2.05, 4.69) is 5.32 Å². The smallest absolute Gasteiger partial charge is 0.318 e. The predicted octanol–water partition coefficient (Wildman–Crippen LogP) is 4.72. The molecule has 6 nitrogen and oxygen atoms in total. The molecular weight excluding hydrogens is 426 g/mol. The summed E-state index contributed by atoms with van der Waals surface area (Å²) in [5.41, 5.74) is 1.75. The first-order valence-electron chi connectivity index (χ1n) is 10.9. The van der Waals surface area contributed by atoms with E-state index in [1.807, 2.05) is 74.3 Å². The van der Waals surface area contributed by atoms with Gasteiger partial charge in [-0.1, -0.05) is 54.1 Å². The van der Waals surface area contributed by atoms with Crippen molar-refractivity contribution in [2.45, 2.75) is 45.8 Å². The number of hydrogen-bond donors (Lipinski definition) is 2. The van der Waals surface area contributed by atoms with Gasteiger partial charge in [-0.3, -0.25) is 4.79 Å². The van der Waals surface area contributed by atoms with Crippen LogP contribution in [-0.4, -0.2) is 53.1 Å². The molecule has 1 saturated heterocycles. The van der Waals surface area contributed by atoms with Crippen molar-refractivity contribution < 1.29 is 14.7 Å². The second-order valence-electron chi connectivity index (χ2n) is 9.00. The summed E-state index contributed by atoms with van der Waals surface area (Å²) in [5, 5.41) is 13.9. The quantitative estimate of drug-likeness (QED) is 0.658. The molecule has 2 aromatic carbocycles. The number of carbonyl (C=O) groups excluding carboxylic acids is 1. The van der Waals surface area contributed by atoms with Gasteiger partial charge in [0.05, 0.1) is 17.5 Å². The van der Waals surface area contributed by atoms with Crippen molar-refractivity contribution in [3.05, 3.63) is 70.2 Å². The van der Waals surface area contributed by atoms with Crippen LogP contribution < -0.4 is 5.32 Å². The highest BCUT2D eigenvalue weighted by atomic mass is 35.5. The van der Waals surface area contributed by atoms with Gasteiger partial charge in [0.15, 0.2) is 0 Å². The summed E-state index contributed by atoms with van der Waals surface area (Å²) in [4.78, 5) is 29.6. The second-order valence-corrected chi connectivity index (χ2v) is 9.41. The minimum absolute atomic E-state index is 0.275. The van der Waals surface area contributed by atoms with E-state index < -0.39 is 17.4 Å². The summed E-state index contributed by atoms with van der Waals surface area (Å²) in [6.45, 7) is 7.04. The van der Waals surface area contributed by atoms with Crippen LogP contribution in [0.15, 0.2) is 48.5 Å². The molecule has 172 valence electrons. The maximum atomic E-state index is 13.6. The molecule has 0 aromatic heterocycles. The lowest BCUT2D eigenvalue weighted by Gasteiger charge is -2.47. The molecule has 3 atom stereocenters. The standard InChI is InChI=1S/C25H32ClN3O3/c1-17-20(11-8-12-21(17)26)18(2)27-24(32)29(15-19-9-6-5-7-10-19)22-13-14-28(4)16-25(22,3)23(30)31/h5-12,18,22H,13-16H2,1-4H3,(H,27,32)(H,30,31). The van der Waals surface area contributed by atoms with Crippen LogP contribution in [0.1, 0.15) is 43.0 Å². The average molecular weight is 458 g/mol. The molecular formula is C25H32ClN3O3. The topological polar surface area (TPSA) is 72.9 Å². The second kappa shape index (κ2) is 9.92. The van der Waals surface area contributed by atoms with Gasteiger partial charge in [0, 0.05) is 18.1 Å². The van der Waals surface area contributed by atoms with Crippen molar-refractivity contribution in [3.8, 4) is 0 Å². The number of nitrogens with one attached hydrogen (secondary N) is 1. The zero-order valence-electron chi connectivity index (χ0n) is 19.1. The number of piperidine rings is 1. The van der Waals surface area contributed by atoms with Gasteiger partial charge in [0.2, 0.25) is 0 Å². The third kappa shape index (κ3) is 5.08. The number of aliphatic carboxylic acids is 1. The SMILES string of the molecule is Cc1c(Cl)cccc1C(C)NC(=O)N(Cc1ccccc1)C1CCN(C)CC1(C)C(=O)O. The zero-order valence-corrected chi connectivity index (χ0v) is 19.9. The molecule has 1 fully saturated rings. The minimum Gasteiger partial charge on any atom is -0.481 e. The highest BCUT2D eigenvalue weighted by molar-refractivity contribution is 6.31. The van der Waals surface area contributed by atoms with Gasteiger partial charge in [-0.05, 0) is 63.5 Å². The normalized spacial score (nSPS) is 22.2. The summed E-state index contributed by atoms with van der Waals surface area (Å²) in [7, 11) is 1.92. The van der Waals surface area contributed by atoms with E-state index >= 15 is 0 Å². The third-order valence-electron chi connectivity index (χ3n) is 6.56. The van der Waals surface area contributed by atoms with E-state index in [0.29, 0.717) is 24.5 Å². The maximum Gasteiger partial charge on any atom is 0.318 e. The highest BCUT2D eigenvalue weighted by Crippen LogP contribution is 2.35. The Hall–Kier alpha value is -2.57. The molecule has 0 saturated carbocycles. The summed E-state index contributed by atoms with van der Waals surface area (Å²) in [5.74, 6) is -0.890. The number of carboxylic acids is 1. The van der Waals surface area contributed by atoms with Crippen LogP contribution >= 0.6 is 11.6 Å². The molecule has 1 heterocycles. The number of rotatable bonds is 6. The summed E-state index contributed by atoms with van der Waals surface area (Å²) in [6.07, 6.45) is 0.587. The molecule has 0 spiro atoms. The Morgan fingerprint density at radius 1 is 1.25 bits per heavy atom. The molecule has 7 heteroatoms. The monoisotopic (exact) mass is 457 g/mol. The molecule has 0 bridgehead atoms. The average Bonchev–Trinajstić information content (AvgIpc) is 2.75. The minimum atomic E-state index is -1.08. The number of carboxylic acid groups (broad SMARTS) is 1. The summed E-state index contributed by atoms with van der Waals surface area (Å²) < 4.78 is 0. The van der Waals surface area contributed by atoms with E-state index in [9.17, 15) is 14.7 Å². The molecule has 2 aromatic rings. The number of amides is 2. The van der Waals surface area contributed by atoms with Crippen LogP contribution in [0.25, 0.3) is 0 Å². The van der Waals surface area contributed by atoms with Crippen molar-refractivity contribution in [1.29, 1.82) is 0 Å². The number of benzene rings is 2. The first kappa shape index (κ1) is 24.1. The number of urea groups is 1. The Kier molecular flexibility index (Phi) is 7.47.